The first-order valence-corrected chi connectivity index (χ1v) is 6.67. The van der Waals surface area contributed by atoms with Crippen LogP contribution in [0.2, 0.25) is 0 Å². The summed E-state index contributed by atoms with van der Waals surface area (Å²) in [5.41, 5.74) is 0.553. The van der Waals surface area contributed by atoms with E-state index in [4.69, 9.17) is 0 Å². The van der Waals surface area contributed by atoms with Crippen molar-refractivity contribution in [1.82, 2.24) is 9.80 Å². The summed E-state index contributed by atoms with van der Waals surface area (Å²) in [6.07, 6.45) is 5.70. The lowest BCUT2D eigenvalue weighted by molar-refractivity contribution is 0.0548. The Hall–Kier alpha value is -0.0800. The van der Waals surface area contributed by atoms with Crippen molar-refractivity contribution in [3.63, 3.8) is 0 Å². The first kappa shape index (κ1) is 11.4. The van der Waals surface area contributed by atoms with Crippen LogP contribution in [0.4, 0.5) is 0 Å². The van der Waals surface area contributed by atoms with E-state index >= 15 is 0 Å². The molecule has 1 atom stereocenters. The van der Waals surface area contributed by atoms with E-state index in [-0.39, 0.29) is 0 Å². The van der Waals surface area contributed by atoms with E-state index in [1.165, 1.54) is 51.9 Å². The summed E-state index contributed by atoms with van der Waals surface area (Å²) in [6.45, 7) is 12.2. The van der Waals surface area contributed by atoms with Gasteiger partial charge < -0.3 is 0 Å². The van der Waals surface area contributed by atoms with E-state index in [9.17, 15) is 0 Å². The largest absolute Gasteiger partial charge is 0.299 e. The lowest BCUT2D eigenvalue weighted by atomic mass is 9.86. The van der Waals surface area contributed by atoms with Crippen LogP contribution < -0.4 is 0 Å². The predicted molar refractivity (Wildman–Crippen MR) is 65.2 cm³/mol. The van der Waals surface area contributed by atoms with Crippen LogP contribution in [0.5, 0.6) is 0 Å². The van der Waals surface area contributed by atoms with E-state index in [1.54, 1.807) is 0 Å². The second-order valence-corrected chi connectivity index (χ2v) is 5.58. The van der Waals surface area contributed by atoms with Gasteiger partial charge in [-0.15, -0.1) is 0 Å². The number of hydrogen-bond acceptors (Lipinski definition) is 2. The lowest BCUT2D eigenvalue weighted by Gasteiger charge is -2.45. The van der Waals surface area contributed by atoms with Crippen molar-refractivity contribution in [2.24, 2.45) is 0 Å². The van der Waals surface area contributed by atoms with Crippen LogP contribution in [0.25, 0.3) is 0 Å². The standard InChI is InChI=1S/C13H26N2/c1-4-15-9-6-5-7-13(15)8-10-14(11-13)12(2)3/h12H,4-11H2,1-3H3. The molecule has 0 aliphatic carbocycles. The Labute approximate surface area is 94.6 Å². The molecule has 0 aromatic carbocycles. The number of likely N-dealkylation sites (tertiary alicyclic amines) is 2. The van der Waals surface area contributed by atoms with Gasteiger partial charge in [0.1, 0.15) is 0 Å². The second kappa shape index (κ2) is 4.42. The van der Waals surface area contributed by atoms with E-state index in [0.29, 0.717) is 5.54 Å². The first-order chi connectivity index (χ1) is 7.18. The Bertz CT molecular complexity index is 215. The van der Waals surface area contributed by atoms with Gasteiger partial charge in [0, 0.05) is 24.7 Å². The third-order valence-corrected chi connectivity index (χ3v) is 4.46. The Balaban J connectivity index is 2.05. The monoisotopic (exact) mass is 210 g/mol. The van der Waals surface area contributed by atoms with E-state index in [0.717, 1.165) is 6.04 Å². The molecule has 0 N–H and O–H groups in total. The third-order valence-electron chi connectivity index (χ3n) is 4.46. The fourth-order valence-corrected chi connectivity index (χ4v) is 3.44. The number of likely N-dealkylation sites (N-methyl/N-ethyl adjacent to an activating group) is 1. The molecule has 0 amide bonds. The summed E-state index contributed by atoms with van der Waals surface area (Å²) >= 11 is 0. The first-order valence-electron chi connectivity index (χ1n) is 6.67. The maximum atomic E-state index is 2.75. The average molecular weight is 210 g/mol. The van der Waals surface area contributed by atoms with Crippen molar-refractivity contribution in [2.45, 2.75) is 58.0 Å². The highest BCUT2D eigenvalue weighted by atomic mass is 15.3. The molecule has 2 heterocycles. The average Bonchev–Trinajstić information content (AvgIpc) is 2.64. The summed E-state index contributed by atoms with van der Waals surface area (Å²) in [5, 5.41) is 0. The molecule has 2 saturated heterocycles. The predicted octanol–water partition coefficient (Wildman–Crippen LogP) is 2.35. The van der Waals surface area contributed by atoms with Gasteiger partial charge in [0.25, 0.3) is 0 Å². The SMILES string of the molecule is CCN1CCCCC12CCN(C(C)C)C2. The molecule has 2 aliphatic rings. The molecule has 2 fully saturated rings. The van der Waals surface area contributed by atoms with Gasteiger partial charge in [-0.05, 0) is 46.2 Å². The Morgan fingerprint density at radius 2 is 1.93 bits per heavy atom. The number of piperidine rings is 1. The fourth-order valence-electron chi connectivity index (χ4n) is 3.44. The molecule has 0 aromatic heterocycles. The highest BCUT2D eigenvalue weighted by Crippen LogP contribution is 2.36. The highest BCUT2D eigenvalue weighted by Gasteiger charge is 2.43. The minimum absolute atomic E-state index is 0.553. The smallest absolute Gasteiger partial charge is 0.0348 e. The van der Waals surface area contributed by atoms with Crippen molar-refractivity contribution in [1.29, 1.82) is 0 Å². The van der Waals surface area contributed by atoms with Crippen molar-refractivity contribution >= 4 is 0 Å². The molecule has 2 rings (SSSR count). The minimum Gasteiger partial charge on any atom is -0.299 e. The van der Waals surface area contributed by atoms with Gasteiger partial charge in [-0.25, -0.2) is 0 Å². The zero-order valence-electron chi connectivity index (χ0n) is 10.6. The van der Waals surface area contributed by atoms with Gasteiger partial charge in [0.05, 0.1) is 0 Å². The van der Waals surface area contributed by atoms with Gasteiger partial charge in [-0.2, -0.15) is 0 Å². The molecule has 0 saturated carbocycles. The van der Waals surface area contributed by atoms with E-state index < -0.39 is 0 Å². The Kier molecular flexibility index (Phi) is 3.36. The van der Waals surface area contributed by atoms with Gasteiger partial charge >= 0.3 is 0 Å². The maximum Gasteiger partial charge on any atom is 0.0348 e. The number of hydrogen-bond donors (Lipinski definition) is 0. The van der Waals surface area contributed by atoms with E-state index in [2.05, 4.69) is 30.6 Å². The molecule has 1 unspecified atom stereocenters. The molecular formula is C13H26N2. The number of rotatable bonds is 2. The van der Waals surface area contributed by atoms with Crippen LogP contribution in [-0.4, -0.2) is 47.6 Å². The fraction of sp³-hybridized carbons (Fsp3) is 1.00. The highest BCUT2D eigenvalue weighted by molar-refractivity contribution is 5.01. The van der Waals surface area contributed by atoms with Crippen LogP contribution in [0.15, 0.2) is 0 Å². The topological polar surface area (TPSA) is 6.48 Å². The van der Waals surface area contributed by atoms with Crippen LogP contribution in [-0.2, 0) is 0 Å². The van der Waals surface area contributed by atoms with Crippen LogP contribution >= 0.6 is 0 Å². The third kappa shape index (κ3) is 2.07. The molecule has 0 aromatic rings. The Morgan fingerprint density at radius 1 is 1.13 bits per heavy atom. The van der Waals surface area contributed by atoms with Gasteiger partial charge in [0.15, 0.2) is 0 Å². The van der Waals surface area contributed by atoms with Crippen molar-refractivity contribution in [2.75, 3.05) is 26.2 Å². The summed E-state index contributed by atoms with van der Waals surface area (Å²) in [7, 11) is 0. The number of nitrogens with zero attached hydrogens (tertiary/aromatic N) is 2. The van der Waals surface area contributed by atoms with Crippen molar-refractivity contribution < 1.29 is 0 Å². The van der Waals surface area contributed by atoms with Crippen molar-refractivity contribution in [3.8, 4) is 0 Å². The summed E-state index contributed by atoms with van der Waals surface area (Å²) in [5.74, 6) is 0. The normalized spacial score (nSPS) is 34.4. The van der Waals surface area contributed by atoms with Crippen LogP contribution in [0.3, 0.4) is 0 Å². The van der Waals surface area contributed by atoms with Gasteiger partial charge in [-0.3, -0.25) is 9.80 Å². The molecular weight excluding hydrogens is 184 g/mol. The molecule has 1 spiro atoms. The quantitative estimate of drug-likeness (QED) is 0.690. The van der Waals surface area contributed by atoms with Crippen molar-refractivity contribution in [3.05, 3.63) is 0 Å². The molecule has 2 heteroatoms. The second-order valence-electron chi connectivity index (χ2n) is 5.58. The van der Waals surface area contributed by atoms with Crippen LogP contribution in [0.1, 0.15) is 46.5 Å². The minimum atomic E-state index is 0.553. The molecule has 0 radical (unpaired) electrons. The van der Waals surface area contributed by atoms with Gasteiger partial charge in [-0.1, -0.05) is 13.3 Å². The van der Waals surface area contributed by atoms with Gasteiger partial charge in [0.2, 0.25) is 0 Å². The molecule has 2 aliphatic heterocycles. The summed E-state index contributed by atoms with van der Waals surface area (Å²) < 4.78 is 0. The Morgan fingerprint density at radius 3 is 2.53 bits per heavy atom. The lowest BCUT2D eigenvalue weighted by Crippen LogP contribution is -2.53. The van der Waals surface area contributed by atoms with Crippen LogP contribution in [0, 0.1) is 0 Å². The zero-order valence-corrected chi connectivity index (χ0v) is 10.6. The molecule has 0 bridgehead atoms. The maximum absolute atomic E-state index is 2.75. The summed E-state index contributed by atoms with van der Waals surface area (Å²) in [4.78, 5) is 5.41. The zero-order chi connectivity index (χ0) is 10.9. The van der Waals surface area contributed by atoms with E-state index in [1.807, 2.05) is 0 Å². The molecule has 2 nitrogen and oxygen atoms in total. The summed E-state index contributed by atoms with van der Waals surface area (Å²) in [6, 6.07) is 0.727. The molecule has 15 heavy (non-hydrogen) atoms. The molecule has 88 valence electrons.